The molecule has 0 saturated heterocycles. The van der Waals surface area contributed by atoms with Gasteiger partial charge in [-0.25, -0.2) is 9.59 Å². The fraction of sp³-hybridized carbons (Fsp3) is 0. The lowest BCUT2D eigenvalue weighted by Crippen LogP contribution is -2.05. The molecule has 0 amide bonds. The molecule has 27 heavy (non-hydrogen) atoms. The topological polar surface area (TPSA) is 47.3 Å². The zero-order valence-electron chi connectivity index (χ0n) is 13.8. The predicted octanol–water partition coefficient (Wildman–Crippen LogP) is 5.92. The van der Waals surface area contributed by atoms with Crippen LogP contribution in [-0.2, 0) is 0 Å². The zero-order chi connectivity index (χ0) is 18.7. The lowest BCUT2D eigenvalue weighted by atomic mass is 9.99. The Hall–Kier alpha value is -2.88. The van der Waals surface area contributed by atoms with Crippen molar-refractivity contribution in [3.8, 4) is 0 Å². The van der Waals surface area contributed by atoms with Crippen LogP contribution in [0.25, 0.3) is 43.1 Å². The number of benzene rings is 4. The average molecular weight is 393 g/mol. The summed E-state index contributed by atoms with van der Waals surface area (Å²) < 4.78 is 5.08. The second kappa shape index (κ2) is 5.81. The van der Waals surface area contributed by atoms with Crippen LogP contribution < -0.4 is 11.3 Å². The third-order valence-corrected chi connectivity index (χ3v) is 5.64. The van der Waals surface area contributed by atoms with Crippen molar-refractivity contribution in [2.75, 3.05) is 0 Å². The fourth-order valence-electron chi connectivity index (χ4n) is 3.62. The van der Waals surface area contributed by atoms with E-state index in [1.807, 2.05) is 60.7 Å². The molecule has 5 heteroatoms. The molecular weight excluding hydrogens is 383 g/mol. The lowest BCUT2D eigenvalue weighted by Gasteiger charge is -2.06. The molecule has 0 atom stereocenters. The van der Waals surface area contributed by atoms with E-state index in [0.717, 1.165) is 21.5 Å². The van der Waals surface area contributed by atoms with Crippen molar-refractivity contribution in [3.63, 3.8) is 0 Å². The van der Waals surface area contributed by atoms with Gasteiger partial charge in [0.25, 0.3) is 0 Å². The first-order valence-electron chi connectivity index (χ1n) is 8.25. The van der Waals surface area contributed by atoms with Crippen LogP contribution in [0.2, 0.25) is 10.0 Å². The van der Waals surface area contributed by atoms with Crippen LogP contribution in [0, 0.1) is 0 Å². The van der Waals surface area contributed by atoms with E-state index in [0.29, 0.717) is 10.8 Å². The van der Waals surface area contributed by atoms with Gasteiger partial charge in [-0.1, -0.05) is 71.7 Å². The second-order valence-electron chi connectivity index (χ2n) is 6.35. The van der Waals surface area contributed by atoms with E-state index in [1.165, 1.54) is 0 Å². The molecule has 1 aromatic heterocycles. The van der Waals surface area contributed by atoms with E-state index in [4.69, 9.17) is 27.6 Å². The minimum atomic E-state index is -0.776. The Kier molecular flexibility index (Phi) is 3.51. The van der Waals surface area contributed by atoms with Crippen molar-refractivity contribution in [1.82, 2.24) is 0 Å². The number of hydrogen-bond donors (Lipinski definition) is 0. The number of fused-ring (bicyclic) bond motifs is 5. The highest BCUT2D eigenvalue weighted by Gasteiger charge is 2.17. The Morgan fingerprint density at radius 3 is 1.44 bits per heavy atom. The highest BCUT2D eigenvalue weighted by molar-refractivity contribution is 6.43. The molecule has 0 bridgehead atoms. The molecule has 0 aliphatic rings. The van der Waals surface area contributed by atoms with E-state index in [9.17, 15) is 9.59 Å². The standard InChI is InChI=1S/C22H10Cl2O3/c23-19-13-7-3-1-5-11(13)9-15-16-10-12-6-2-4-8-14(12)20(24)18(16)22(26)27-21(25)17(15)19/h1-10H. The molecule has 0 unspecified atom stereocenters. The molecule has 130 valence electrons. The third kappa shape index (κ3) is 2.29. The monoisotopic (exact) mass is 392 g/mol. The van der Waals surface area contributed by atoms with Gasteiger partial charge in [-0.3, -0.25) is 0 Å². The van der Waals surface area contributed by atoms with Crippen LogP contribution in [0.4, 0.5) is 0 Å². The van der Waals surface area contributed by atoms with Gasteiger partial charge in [0.05, 0.1) is 20.8 Å². The van der Waals surface area contributed by atoms with E-state index in [1.54, 1.807) is 0 Å². The van der Waals surface area contributed by atoms with Gasteiger partial charge in [0.1, 0.15) is 0 Å². The predicted molar refractivity (Wildman–Crippen MR) is 111 cm³/mol. The molecule has 5 aromatic rings. The molecule has 0 aliphatic carbocycles. The van der Waals surface area contributed by atoms with E-state index >= 15 is 0 Å². The van der Waals surface area contributed by atoms with E-state index in [-0.39, 0.29) is 20.8 Å². The molecule has 5 rings (SSSR count). The van der Waals surface area contributed by atoms with Crippen molar-refractivity contribution >= 4 is 66.3 Å². The molecule has 0 spiro atoms. The van der Waals surface area contributed by atoms with Crippen molar-refractivity contribution in [2.45, 2.75) is 0 Å². The SMILES string of the molecule is O=c1oc(=O)c2c(Cl)c3ccccc3cc2c2cc3ccccc3c(Cl)c12. The summed E-state index contributed by atoms with van der Waals surface area (Å²) >= 11 is 13.1. The summed E-state index contributed by atoms with van der Waals surface area (Å²) in [6.07, 6.45) is 0. The molecular formula is C22H10Cl2O3. The highest BCUT2D eigenvalue weighted by Crippen LogP contribution is 2.37. The Morgan fingerprint density at radius 1 is 0.593 bits per heavy atom. The van der Waals surface area contributed by atoms with Gasteiger partial charge in [-0.2, -0.15) is 0 Å². The minimum Gasteiger partial charge on any atom is -0.386 e. The molecule has 4 aromatic carbocycles. The van der Waals surface area contributed by atoms with Crippen LogP contribution in [0.1, 0.15) is 0 Å². The maximum atomic E-state index is 12.7. The summed E-state index contributed by atoms with van der Waals surface area (Å²) in [6, 6.07) is 18.6. The Balaban J connectivity index is 2.22. The quantitative estimate of drug-likeness (QED) is 0.328. The first-order valence-corrected chi connectivity index (χ1v) is 9.01. The molecule has 3 nitrogen and oxygen atoms in total. The fourth-order valence-corrected chi connectivity index (χ4v) is 4.32. The van der Waals surface area contributed by atoms with Gasteiger partial charge in [-0.15, -0.1) is 0 Å². The maximum absolute atomic E-state index is 12.7. The van der Waals surface area contributed by atoms with Crippen molar-refractivity contribution in [2.24, 2.45) is 0 Å². The number of hydrogen-bond acceptors (Lipinski definition) is 3. The zero-order valence-corrected chi connectivity index (χ0v) is 15.3. The average Bonchev–Trinajstić information content (AvgIpc) is 2.77. The van der Waals surface area contributed by atoms with E-state index < -0.39 is 11.3 Å². The first kappa shape index (κ1) is 16.3. The highest BCUT2D eigenvalue weighted by atomic mass is 35.5. The van der Waals surface area contributed by atoms with Crippen LogP contribution in [0.5, 0.6) is 0 Å². The molecule has 0 saturated carbocycles. The normalized spacial score (nSPS) is 11.6. The number of rotatable bonds is 0. The van der Waals surface area contributed by atoms with Crippen molar-refractivity contribution < 1.29 is 4.42 Å². The summed E-state index contributed by atoms with van der Waals surface area (Å²) in [7, 11) is 0. The molecule has 0 aliphatic heterocycles. The van der Waals surface area contributed by atoms with Gasteiger partial charge in [0.2, 0.25) is 0 Å². The van der Waals surface area contributed by atoms with Gasteiger partial charge in [-0.05, 0) is 33.7 Å². The van der Waals surface area contributed by atoms with Gasteiger partial charge in [0, 0.05) is 10.8 Å². The molecule has 0 N–H and O–H groups in total. The summed E-state index contributed by atoms with van der Waals surface area (Å²) in [5.41, 5.74) is -1.55. The Labute approximate surface area is 162 Å². The first-order chi connectivity index (χ1) is 13.1. The number of halogens is 2. The Morgan fingerprint density at radius 2 is 1.00 bits per heavy atom. The summed E-state index contributed by atoms with van der Waals surface area (Å²) in [5, 5.41) is 5.11. The third-order valence-electron chi connectivity index (χ3n) is 4.86. The van der Waals surface area contributed by atoms with Gasteiger partial charge in [0.15, 0.2) is 0 Å². The second-order valence-corrected chi connectivity index (χ2v) is 7.10. The van der Waals surface area contributed by atoms with E-state index in [2.05, 4.69) is 0 Å². The van der Waals surface area contributed by atoms with Crippen LogP contribution in [-0.4, -0.2) is 0 Å². The summed E-state index contributed by atoms with van der Waals surface area (Å²) in [5.74, 6) is 0. The largest absolute Gasteiger partial charge is 0.386 e. The van der Waals surface area contributed by atoms with Crippen LogP contribution in [0.3, 0.4) is 0 Å². The molecule has 0 fully saturated rings. The minimum absolute atomic E-state index is 0.175. The van der Waals surface area contributed by atoms with Crippen molar-refractivity contribution in [1.29, 1.82) is 0 Å². The summed E-state index contributed by atoms with van der Waals surface area (Å²) in [4.78, 5) is 25.4. The van der Waals surface area contributed by atoms with Crippen molar-refractivity contribution in [3.05, 3.63) is 91.5 Å². The van der Waals surface area contributed by atoms with Gasteiger partial charge >= 0.3 is 11.3 Å². The summed E-state index contributed by atoms with van der Waals surface area (Å²) in [6.45, 7) is 0. The van der Waals surface area contributed by atoms with Crippen LogP contribution >= 0.6 is 23.2 Å². The molecule has 1 heterocycles. The Bertz CT molecular complexity index is 1420. The maximum Gasteiger partial charge on any atom is 0.348 e. The van der Waals surface area contributed by atoms with Gasteiger partial charge < -0.3 is 4.42 Å². The van der Waals surface area contributed by atoms with Crippen LogP contribution in [0.15, 0.2) is 74.7 Å². The lowest BCUT2D eigenvalue weighted by molar-refractivity contribution is 0.491. The smallest absolute Gasteiger partial charge is 0.348 e. The molecule has 0 radical (unpaired) electrons.